The van der Waals surface area contributed by atoms with E-state index >= 15 is 4.39 Å². The van der Waals surface area contributed by atoms with Gasteiger partial charge in [0.15, 0.2) is 5.82 Å². The second-order valence-corrected chi connectivity index (χ2v) is 9.90. The molecule has 8 nitrogen and oxygen atoms in total. The maximum Gasteiger partial charge on any atom is 0.319 e. The molecule has 0 radical (unpaired) electrons. The van der Waals surface area contributed by atoms with Gasteiger partial charge in [-0.05, 0) is 53.9 Å². The van der Waals surface area contributed by atoms with Crippen LogP contribution in [0.15, 0.2) is 53.7 Å². The van der Waals surface area contributed by atoms with E-state index in [1.807, 2.05) is 0 Å². The minimum absolute atomic E-state index is 0.0626. The van der Waals surface area contributed by atoms with Gasteiger partial charge >= 0.3 is 6.01 Å². The molecular formula is C27H22ClF2N5O3. The summed E-state index contributed by atoms with van der Waals surface area (Å²) in [5.41, 5.74) is 0.287. The second-order valence-electron chi connectivity index (χ2n) is 9.50. The van der Waals surface area contributed by atoms with Gasteiger partial charge in [0.1, 0.15) is 35.2 Å². The number of benzene rings is 3. The van der Waals surface area contributed by atoms with Crippen molar-refractivity contribution in [2.24, 2.45) is 5.18 Å². The Hall–Kier alpha value is -3.89. The molecule has 2 unspecified atom stereocenters. The topological polar surface area (TPSA) is 99.9 Å². The van der Waals surface area contributed by atoms with Crippen molar-refractivity contribution in [3.05, 3.63) is 75.7 Å². The summed E-state index contributed by atoms with van der Waals surface area (Å²) in [7, 11) is 0. The molecule has 3 aromatic carbocycles. The first kappa shape index (κ1) is 24.4. The van der Waals surface area contributed by atoms with Gasteiger partial charge in [0.25, 0.3) is 0 Å². The molecule has 4 aromatic rings. The molecule has 0 saturated carbocycles. The van der Waals surface area contributed by atoms with E-state index in [0.717, 1.165) is 24.5 Å². The molecule has 2 fully saturated rings. The SMILES string of the molecule is O=Nc1ccc(COc2nc(N3CC4CCC(C3)N4)c3cc(Cl)c(-c4c(O)cccc4F)c(F)c3n2)cc1. The van der Waals surface area contributed by atoms with Gasteiger partial charge in [-0.3, -0.25) is 0 Å². The van der Waals surface area contributed by atoms with E-state index in [4.69, 9.17) is 16.3 Å². The maximum atomic E-state index is 16.1. The molecular weight excluding hydrogens is 516 g/mol. The molecule has 2 atom stereocenters. The zero-order valence-electron chi connectivity index (χ0n) is 20.0. The van der Waals surface area contributed by atoms with Crippen LogP contribution in [-0.4, -0.2) is 40.2 Å². The standard InChI is InChI=1S/C27H22ClF2N5O3/c28-19-10-18-25(24(30)22(19)23-20(29)2-1-3-21(23)36)32-27(38-13-14-4-6-15(34-37)7-5-14)33-26(18)35-11-16-8-9-17(12-35)31-16/h1-7,10,16-17,31,36H,8-9,11-13H2. The van der Waals surface area contributed by atoms with Gasteiger partial charge in [-0.15, -0.1) is 4.91 Å². The minimum Gasteiger partial charge on any atom is -0.507 e. The summed E-state index contributed by atoms with van der Waals surface area (Å²) < 4.78 is 36.7. The van der Waals surface area contributed by atoms with Crippen LogP contribution in [0.3, 0.4) is 0 Å². The molecule has 2 aliphatic heterocycles. The van der Waals surface area contributed by atoms with Gasteiger partial charge in [0, 0.05) is 36.1 Å². The van der Waals surface area contributed by atoms with Crippen LogP contribution in [0.25, 0.3) is 22.0 Å². The van der Waals surface area contributed by atoms with Crippen LogP contribution in [0.1, 0.15) is 18.4 Å². The Kier molecular flexibility index (Phi) is 6.29. The number of hydrogen-bond acceptors (Lipinski definition) is 8. The fraction of sp³-hybridized carbons (Fsp3) is 0.259. The Morgan fingerprint density at radius 2 is 1.82 bits per heavy atom. The average Bonchev–Trinajstić information content (AvgIpc) is 3.26. The Morgan fingerprint density at radius 3 is 2.50 bits per heavy atom. The van der Waals surface area contributed by atoms with Crippen molar-refractivity contribution in [2.75, 3.05) is 18.0 Å². The highest BCUT2D eigenvalue weighted by Crippen LogP contribution is 2.43. The lowest BCUT2D eigenvalue weighted by Gasteiger charge is -2.34. The highest BCUT2D eigenvalue weighted by atomic mass is 35.5. The number of hydrogen-bond donors (Lipinski definition) is 2. The number of anilines is 1. The minimum atomic E-state index is -0.888. The number of halogens is 3. The maximum absolute atomic E-state index is 16.1. The molecule has 3 heterocycles. The Balaban J connectivity index is 1.47. The van der Waals surface area contributed by atoms with Crippen LogP contribution < -0.4 is 15.0 Å². The summed E-state index contributed by atoms with van der Waals surface area (Å²) >= 11 is 6.51. The number of ether oxygens (including phenoxy) is 1. The number of fused-ring (bicyclic) bond motifs is 3. The zero-order chi connectivity index (χ0) is 26.4. The van der Waals surface area contributed by atoms with Crippen molar-refractivity contribution in [3.63, 3.8) is 0 Å². The van der Waals surface area contributed by atoms with Crippen LogP contribution in [0.2, 0.25) is 5.02 Å². The molecule has 2 aliphatic rings. The van der Waals surface area contributed by atoms with Gasteiger partial charge in [-0.25, -0.2) is 8.78 Å². The summed E-state index contributed by atoms with van der Waals surface area (Å²) in [6.45, 7) is 1.39. The molecule has 38 heavy (non-hydrogen) atoms. The van der Waals surface area contributed by atoms with Crippen molar-refractivity contribution in [1.82, 2.24) is 15.3 Å². The number of aromatic hydroxyl groups is 1. The summed E-state index contributed by atoms with van der Waals surface area (Å²) in [4.78, 5) is 21.7. The van der Waals surface area contributed by atoms with Crippen molar-refractivity contribution < 1.29 is 18.6 Å². The van der Waals surface area contributed by atoms with E-state index in [1.54, 1.807) is 24.3 Å². The number of nitroso groups, excluding NO2 is 1. The predicted molar refractivity (Wildman–Crippen MR) is 140 cm³/mol. The van der Waals surface area contributed by atoms with Crippen molar-refractivity contribution in [1.29, 1.82) is 0 Å². The summed E-state index contributed by atoms with van der Waals surface area (Å²) in [5, 5.41) is 17.1. The number of phenols is 1. The summed E-state index contributed by atoms with van der Waals surface area (Å²) in [6.07, 6.45) is 2.07. The third-order valence-corrected chi connectivity index (χ3v) is 7.31. The largest absolute Gasteiger partial charge is 0.507 e. The summed E-state index contributed by atoms with van der Waals surface area (Å²) in [6, 6.07) is 12.2. The fourth-order valence-corrected chi connectivity index (χ4v) is 5.51. The third-order valence-electron chi connectivity index (χ3n) is 7.01. The van der Waals surface area contributed by atoms with Crippen LogP contribution in [0.5, 0.6) is 11.8 Å². The Labute approximate surface area is 221 Å². The van der Waals surface area contributed by atoms with Crippen LogP contribution in [0.4, 0.5) is 20.3 Å². The van der Waals surface area contributed by atoms with E-state index in [-0.39, 0.29) is 52.1 Å². The van der Waals surface area contributed by atoms with E-state index in [0.29, 0.717) is 24.3 Å². The van der Waals surface area contributed by atoms with Crippen molar-refractivity contribution in [2.45, 2.75) is 31.5 Å². The second kappa shape index (κ2) is 9.77. The molecule has 2 saturated heterocycles. The fourth-order valence-electron chi connectivity index (χ4n) is 5.23. The van der Waals surface area contributed by atoms with Crippen LogP contribution in [-0.2, 0) is 6.61 Å². The molecule has 2 N–H and O–H groups in total. The molecule has 0 amide bonds. The molecule has 0 aliphatic carbocycles. The lowest BCUT2D eigenvalue weighted by atomic mass is 10.0. The molecule has 11 heteroatoms. The number of phenolic OH excluding ortho intramolecular Hbond substituents is 1. The summed E-state index contributed by atoms with van der Waals surface area (Å²) in [5.74, 6) is -1.68. The molecule has 1 aromatic heterocycles. The quantitative estimate of drug-likeness (QED) is 0.297. The lowest BCUT2D eigenvalue weighted by molar-refractivity contribution is 0.281. The molecule has 194 valence electrons. The van der Waals surface area contributed by atoms with Gasteiger partial charge < -0.3 is 20.1 Å². The monoisotopic (exact) mass is 537 g/mol. The van der Waals surface area contributed by atoms with Gasteiger partial charge in [0.05, 0.1) is 10.6 Å². The zero-order valence-corrected chi connectivity index (χ0v) is 20.8. The number of aromatic nitrogens is 2. The number of piperazine rings is 1. The van der Waals surface area contributed by atoms with Gasteiger partial charge in [-0.2, -0.15) is 9.97 Å². The highest BCUT2D eigenvalue weighted by Gasteiger charge is 2.34. The van der Waals surface area contributed by atoms with E-state index in [2.05, 4.69) is 25.4 Å². The van der Waals surface area contributed by atoms with E-state index in [1.165, 1.54) is 18.2 Å². The first-order valence-corrected chi connectivity index (χ1v) is 12.5. The third kappa shape index (κ3) is 4.39. The number of nitrogens with zero attached hydrogens (tertiary/aromatic N) is 4. The van der Waals surface area contributed by atoms with Gasteiger partial charge in [0.2, 0.25) is 0 Å². The normalized spacial score (nSPS) is 18.7. The average molecular weight is 538 g/mol. The molecule has 0 spiro atoms. The molecule has 6 rings (SSSR count). The lowest BCUT2D eigenvalue weighted by Crippen LogP contribution is -2.51. The first-order chi connectivity index (χ1) is 18.4. The van der Waals surface area contributed by atoms with E-state index < -0.39 is 17.4 Å². The predicted octanol–water partition coefficient (Wildman–Crippen LogP) is 5.85. The Bertz CT molecular complexity index is 1520. The van der Waals surface area contributed by atoms with E-state index in [9.17, 15) is 14.4 Å². The van der Waals surface area contributed by atoms with Gasteiger partial charge in [-0.1, -0.05) is 29.8 Å². The number of nitrogens with one attached hydrogen (secondary N) is 1. The number of rotatable bonds is 6. The molecule has 2 bridgehead atoms. The van der Waals surface area contributed by atoms with Crippen molar-refractivity contribution in [3.8, 4) is 22.9 Å². The van der Waals surface area contributed by atoms with Crippen LogP contribution >= 0.6 is 11.6 Å². The smallest absolute Gasteiger partial charge is 0.319 e. The van der Waals surface area contributed by atoms with Crippen molar-refractivity contribution >= 4 is 34.0 Å². The highest BCUT2D eigenvalue weighted by molar-refractivity contribution is 6.34. The van der Waals surface area contributed by atoms with Crippen LogP contribution in [0, 0.1) is 16.5 Å². The Morgan fingerprint density at radius 1 is 1.08 bits per heavy atom. The first-order valence-electron chi connectivity index (χ1n) is 12.1.